The van der Waals surface area contributed by atoms with E-state index in [0.29, 0.717) is 12.8 Å². The number of hydrogen-bond acceptors (Lipinski definition) is 16. The molecule has 0 radical (unpaired) electrons. The van der Waals surface area contributed by atoms with Crippen molar-refractivity contribution in [2.24, 2.45) is 5.92 Å². The van der Waals surface area contributed by atoms with Crippen LogP contribution in [0.2, 0.25) is 0 Å². The summed E-state index contributed by atoms with van der Waals surface area (Å²) in [7, 11) is -5.55. The molecule has 0 amide bonds. The topological polar surface area (TPSA) is 274 Å². The van der Waals surface area contributed by atoms with Crippen molar-refractivity contribution in [3.63, 3.8) is 0 Å². The van der Waals surface area contributed by atoms with Crippen molar-refractivity contribution >= 4 is 43.3 Å². The van der Waals surface area contributed by atoms with Gasteiger partial charge in [0.05, 0.1) is 19.5 Å². The van der Waals surface area contributed by atoms with Gasteiger partial charge in [0.1, 0.15) is 48.0 Å². The number of ether oxygens (including phenoxy) is 2. The first-order chi connectivity index (χ1) is 20.4. The highest BCUT2D eigenvalue weighted by molar-refractivity contribution is 8.08. The molecule has 1 saturated carbocycles. The number of aliphatic hydroxyl groups excluding tert-OH is 5. The predicted molar refractivity (Wildman–Crippen MR) is 144 cm³/mol. The summed E-state index contributed by atoms with van der Waals surface area (Å²) >= 11 is 4.79. The quantitative estimate of drug-likeness (QED) is 0.127. The zero-order valence-electron chi connectivity index (χ0n) is 22.7. The van der Waals surface area contributed by atoms with Crippen LogP contribution in [0.25, 0.3) is 11.2 Å². The molecule has 0 aromatic carbocycles. The molecule has 2 aromatic rings. The zero-order valence-corrected chi connectivity index (χ0v) is 25.3. The predicted octanol–water partition coefficient (Wildman–Crippen LogP) is -1.32. The first kappa shape index (κ1) is 34.0. The minimum absolute atomic E-state index is 0.0216. The van der Waals surface area contributed by atoms with Gasteiger partial charge in [-0.1, -0.05) is 0 Å². The maximum Gasteiger partial charge on any atom is 0.481 e. The van der Waals surface area contributed by atoms with E-state index in [4.69, 9.17) is 36.6 Å². The Morgan fingerprint density at radius 2 is 1.89 bits per heavy atom. The molecule has 12 atom stereocenters. The molecule has 3 fully saturated rings. The lowest BCUT2D eigenvalue weighted by molar-refractivity contribution is -0.287. The molecule has 9 N–H and O–H groups in total. The van der Waals surface area contributed by atoms with Crippen LogP contribution in [0.5, 0.6) is 0 Å². The highest BCUT2D eigenvalue weighted by Crippen LogP contribution is 2.63. The van der Waals surface area contributed by atoms with Gasteiger partial charge in [0.25, 0.3) is 0 Å². The Kier molecular flexibility index (Phi) is 9.26. The number of nitrogens with zero attached hydrogens (tertiary/aromatic N) is 4. The Morgan fingerprint density at radius 3 is 2.52 bits per heavy atom. The molecule has 0 spiro atoms. The number of aromatic nitrogens is 4. The van der Waals surface area contributed by atoms with Crippen molar-refractivity contribution in [3.8, 4) is 0 Å². The third-order valence-corrected chi connectivity index (χ3v) is 11.2. The van der Waals surface area contributed by atoms with Crippen LogP contribution in [0.1, 0.15) is 26.0 Å². The summed E-state index contributed by atoms with van der Waals surface area (Å²) in [6.45, 7) is -5.62. The average Bonchev–Trinajstić information content (AvgIpc) is 3.69. The van der Waals surface area contributed by atoms with Gasteiger partial charge in [0, 0.05) is 5.92 Å². The summed E-state index contributed by atoms with van der Waals surface area (Å²) < 4.78 is 69.8. The van der Waals surface area contributed by atoms with E-state index in [-0.39, 0.29) is 17.0 Å². The molecule has 3 aliphatic rings. The fourth-order valence-corrected chi connectivity index (χ4v) is 8.42. The van der Waals surface area contributed by atoms with Crippen LogP contribution in [-0.4, -0.2) is 122 Å². The van der Waals surface area contributed by atoms with Crippen molar-refractivity contribution in [1.29, 1.82) is 0 Å². The summed E-state index contributed by atoms with van der Waals surface area (Å²) in [5, 5.41) is 50.2. The van der Waals surface area contributed by atoms with Gasteiger partial charge in [-0.25, -0.2) is 32.6 Å². The standard InChI is InChI=1S/C21H31F2N5O13P2S/c1-20(18(33)21(23,8-2-3-8)19(39-20)28-7-27-10-15(24)25-6-26-16(10)28)5-37-43(36,44)41-42(34,35)40-17-13(32)11(30)12(31)14(38-17)9(22)4-29/h6-9,11-14,17-19,29-33H,2-5H2,1H3,(H,34,35)(H,36,44)(H2,24,25,26)/t9-,11?,12?,13?,14?,17?,18+,19+,20+,21+,43?/m0/s1. The fourth-order valence-electron chi connectivity index (χ4n) is 5.27. The van der Waals surface area contributed by atoms with Crippen molar-refractivity contribution in [2.45, 2.75) is 80.2 Å². The fraction of sp³-hybridized carbons (Fsp3) is 0.762. The highest BCUT2D eigenvalue weighted by Gasteiger charge is 2.69. The van der Waals surface area contributed by atoms with Crippen molar-refractivity contribution < 1.29 is 71.5 Å². The van der Waals surface area contributed by atoms with E-state index in [1.54, 1.807) is 0 Å². The third-order valence-electron chi connectivity index (χ3n) is 7.69. The van der Waals surface area contributed by atoms with E-state index in [1.165, 1.54) is 17.8 Å². The minimum atomic E-state index is -5.55. The van der Waals surface area contributed by atoms with E-state index in [9.17, 15) is 39.2 Å². The zero-order chi connectivity index (χ0) is 32.4. The van der Waals surface area contributed by atoms with Gasteiger partial charge in [0.2, 0.25) is 0 Å². The number of hydrogen-bond donors (Lipinski definition) is 8. The van der Waals surface area contributed by atoms with Gasteiger partial charge in [-0.05, 0) is 31.6 Å². The summed E-state index contributed by atoms with van der Waals surface area (Å²) in [5.74, 6) is -0.622. The SMILES string of the molecule is C[C@]1(COP(O)(=S)OP(=O)(O)OC2OC([C@@H](F)CO)C(O)C(O)C2O)O[C@@H](n2cnc3c(N)ncnc32)[C@@](F)(C2CC2)[C@@H]1O. The van der Waals surface area contributed by atoms with Gasteiger partial charge >= 0.3 is 14.5 Å². The molecule has 2 saturated heterocycles. The van der Waals surface area contributed by atoms with Crippen molar-refractivity contribution in [1.82, 2.24) is 19.5 Å². The number of fused-ring (bicyclic) bond motifs is 1. The van der Waals surface area contributed by atoms with Crippen LogP contribution < -0.4 is 5.73 Å². The molecule has 23 heteroatoms. The summed E-state index contributed by atoms with van der Waals surface area (Å²) in [6.07, 6.45) is -13.2. The molecule has 2 aliphatic heterocycles. The number of nitrogen functional groups attached to an aromatic ring is 1. The molecule has 1 aliphatic carbocycles. The molecule has 18 nitrogen and oxygen atoms in total. The maximum atomic E-state index is 16.7. The number of rotatable bonds is 11. The Morgan fingerprint density at radius 1 is 1.20 bits per heavy atom. The summed E-state index contributed by atoms with van der Waals surface area (Å²) in [4.78, 5) is 32.8. The Labute approximate surface area is 252 Å². The molecule has 2 aromatic heterocycles. The van der Waals surface area contributed by atoms with Gasteiger partial charge < -0.3 is 55.1 Å². The molecular formula is C21H31F2N5O13P2S. The number of nitrogens with two attached hydrogens (primary N) is 1. The lowest BCUT2D eigenvalue weighted by Crippen LogP contribution is -2.60. The second-order valence-electron chi connectivity index (χ2n) is 10.9. The number of halogens is 2. The number of imidazole rings is 1. The largest absolute Gasteiger partial charge is 0.481 e. The number of phosphoric acid groups is 1. The van der Waals surface area contributed by atoms with Crippen LogP contribution in [0.4, 0.5) is 14.6 Å². The van der Waals surface area contributed by atoms with Crippen LogP contribution >= 0.6 is 14.5 Å². The second kappa shape index (κ2) is 12.0. The summed E-state index contributed by atoms with van der Waals surface area (Å²) in [5.41, 5.74) is 1.75. The first-order valence-corrected chi connectivity index (χ1v) is 17.1. The average molecular weight is 694 g/mol. The number of anilines is 1. The molecule has 248 valence electrons. The van der Waals surface area contributed by atoms with Crippen LogP contribution in [-0.2, 0) is 39.2 Å². The molecule has 7 unspecified atom stereocenters. The van der Waals surface area contributed by atoms with Crippen molar-refractivity contribution in [3.05, 3.63) is 12.7 Å². The lowest BCUT2D eigenvalue weighted by Gasteiger charge is -2.41. The molecule has 44 heavy (non-hydrogen) atoms. The van der Waals surface area contributed by atoms with Crippen LogP contribution in [0.15, 0.2) is 12.7 Å². The number of alkyl halides is 2. The maximum absolute atomic E-state index is 16.7. The lowest BCUT2D eigenvalue weighted by atomic mass is 9.85. The van der Waals surface area contributed by atoms with Crippen LogP contribution in [0.3, 0.4) is 0 Å². The van der Waals surface area contributed by atoms with Crippen molar-refractivity contribution in [2.75, 3.05) is 18.9 Å². The molecular weight excluding hydrogens is 662 g/mol. The minimum Gasteiger partial charge on any atom is -0.393 e. The Hall–Kier alpha value is -1.39. The Bertz CT molecular complexity index is 1480. The van der Waals surface area contributed by atoms with Crippen LogP contribution in [0, 0.1) is 5.92 Å². The van der Waals surface area contributed by atoms with E-state index >= 15 is 4.39 Å². The van der Waals surface area contributed by atoms with E-state index in [1.807, 2.05) is 0 Å². The molecule has 0 bridgehead atoms. The normalized spacial score (nSPS) is 39.6. The number of phosphoric ester groups is 1. The molecule has 4 heterocycles. The monoisotopic (exact) mass is 693 g/mol. The second-order valence-corrected chi connectivity index (χ2v) is 15.3. The Balaban J connectivity index is 1.30. The van der Waals surface area contributed by atoms with Gasteiger partial charge in [-0.3, -0.25) is 9.09 Å². The smallest absolute Gasteiger partial charge is 0.393 e. The third kappa shape index (κ3) is 6.17. The van der Waals surface area contributed by atoms with E-state index in [0.717, 1.165) is 6.33 Å². The van der Waals surface area contributed by atoms with Gasteiger partial charge in [-0.15, -0.1) is 0 Å². The van der Waals surface area contributed by atoms with Gasteiger partial charge in [-0.2, -0.15) is 0 Å². The highest BCUT2D eigenvalue weighted by atomic mass is 32.5. The van der Waals surface area contributed by atoms with Gasteiger partial charge in [0.15, 0.2) is 35.8 Å². The molecule has 5 rings (SSSR count). The van der Waals surface area contributed by atoms with E-state index < -0.39 is 94.2 Å². The first-order valence-electron chi connectivity index (χ1n) is 13.1. The number of aliphatic hydroxyl groups is 5. The summed E-state index contributed by atoms with van der Waals surface area (Å²) in [6, 6.07) is 0. The van der Waals surface area contributed by atoms with E-state index in [2.05, 4.69) is 23.8 Å².